The van der Waals surface area contributed by atoms with E-state index in [1.54, 1.807) is 6.08 Å². The molecule has 1 saturated heterocycles. The molecular weight excluding hydrogens is 732 g/mol. The van der Waals surface area contributed by atoms with Gasteiger partial charge in [0.2, 0.25) is 0 Å². The fourth-order valence-electron chi connectivity index (χ4n) is 4.67. The Morgan fingerprint density at radius 2 is 1.46 bits per heavy atom. The lowest BCUT2D eigenvalue weighted by molar-refractivity contribution is -0.123. The molecule has 1 heterocycles. The number of nitrogens with zero attached hydrogens (tertiary/aromatic N) is 1. The third-order valence-corrected chi connectivity index (χ3v) is 9.11. The highest BCUT2D eigenvalue weighted by atomic mass is 127. The molecule has 0 radical (unpaired) electrons. The molecule has 0 aliphatic carbocycles. The van der Waals surface area contributed by atoms with Gasteiger partial charge in [-0.1, -0.05) is 78.9 Å². The van der Waals surface area contributed by atoms with Gasteiger partial charge in [-0.05, 0) is 119 Å². The third-order valence-electron chi connectivity index (χ3n) is 6.60. The molecule has 192 valence electrons. The zero-order valence-electron chi connectivity index (χ0n) is 20.6. The Balaban J connectivity index is 1.19. The SMILES string of the molecule is O=C1S/C(=C/c2cc(I)c(OCc3ccc4ccccc4c3)c(I)c2)C(=O)N1Cc1cccc2ccccc12. The summed E-state index contributed by atoms with van der Waals surface area (Å²) in [6, 6.07) is 32.6. The van der Waals surface area contributed by atoms with Gasteiger partial charge in [0.1, 0.15) is 12.4 Å². The monoisotopic (exact) mass is 753 g/mol. The van der Waals surface area contributed by atoms with Crippen molar-refractivity contribution in [1.29, 1.82) is 0 Å². The van der Waals surface area contributed by atoms with Crippen LogP contribution in [0.5, 0.6) is 5.75 Å². The van der Waals surface area contributed by atoms with Crippen LogP contribution in [0.2, 0.25) is 0 Å². The van der Waals surface area contributed by atoms with Gasteiger partial charge >= 0.3 is 0 Å². The second kappa shape index (κ2) is 11.3. The van der Waals surface area contributed by atoms with Crippen molar-refractivity contribution in [2.75, 3.05) is 0 Å². The molecule has 5 aromatic rings. The van der Waals surface area contributed by atoms with Gasteiger partial charge in [0.25, 0.3) is 11.1 Å². The largest absolute Gasteiger partial charge is 0.487 e. The molecule has 0 spiro atoms. The van der Waals surface area contributed by atoms with E-state index in [9.17, 15) is 9.59 Å². The molecule has 5 aromatic carbocycles. The number of fused-ring (bicyclic) bond motifs is 2. The Morgan fingerprint density at radius 1 is 0.769 bits per heavy atom. The number of carbonyl (C=O) groups excluding carboxylic acids is 2. The number of hydrogen-bond donors (Lipinski definition) is 0. The summed E-state index contributed by atoms with van der Waals surface area (Å²) in [6.07, 6.45) is 1.80. The molecule has 1 aliphatic heterocycles. The number of imide groups is 1. The number of ether oxygens (including phenoxy) is 1. The van der Waals surface area contributed by atoms with Crippen molar-refractivity contribution in [2.45, 2.75) is 13.2 Å². The summed E-state index contributed by atoms with van der Waals surface area (Å²) < 4.78 is 8.11. The number of benzene rings is 5. The van der Waals surface area contributed by atoms with Gasteiger partial charge < -0.3 is 4.74 Å². The number of hydrogen-bond acceptors (Lipinski definition) is 4. The molecule has 0 aromatic heterocycles. The van der Waals surface area contributed by atoms with Crippen molar-refractivity contribution < 1.29 is 14.3 Å². The van der Waals surface area contributed by atoms with Gasteiger partial charge in [0.15, 0.2) is 0 Å². The van der Waals surface area contributed by atoms with E-state index in [0.717, 1.165) is 52.1 Å². The maximum absolute atomic E-state index is 13.2. The van der Waals surface area contributed by atoms with Gasteiger partial charge in [0, 0.05) is 0 Å². The van der Waals surface area contributed by atoms with Gasteiger partial charge in [-0.3, -0.25) is 14.5 Å². The average molecular weight is 753 g/mol. The van der Waals surface area contributed by atoms with Crippen LogP contribution in [0, 0.1) is 7.14 Å². The fourth-order valence-corrected chi connectivity index (χ4v) is 7.64. The van der Waals surface area contributed by atoms with Crippen LogP contribution in [0.1, 0.15) is 16.7 Å². The van der Waals surface area contributed by atoms with Crippen molar-refractivity contribution in [2.24, 2.45) is 0 Å². The smallest absolute Gasteiger partial charge is 0.293 e. The number of rotatable bonds is 6. The van der Waals surface area contributed by atoms with Crippen LogP contribution >= 0.6 is 56.9 Å². The lowest BCUT2D eigenvalue weighted by Crippen LogP contribution is -2.27. The first-order chi connectivity index (χ1) is 19.0. The molecule has 4 nitrogen and oxygen atoms in total. The zero-order valence-corrected chi connectivity index (χ0v) is 25.7. The minimum Gasteiger partial charge on any atom is -0.487 e. The standard InChI is InChI=1S/C32H21I2NO3S/c33-27-15-21(16-28(34)30(27)38-19-20-12-13-22-6-1-2-8-24(22)14-20)17-29-31(36)35(32(37)39-29)18-25-10-5-9-23-7-3-4-11-26(23)25/h1-17H,18-19H2/b29-17+. The third kappa shape index (κ3) is 5.57. The van der Waals surface area contributed by atoms with Crippen molar-refractivity contribution in [1.82, 2.24) is 4.90 Å². The lowest BCUT2D eigenvalue weighted by Gasteiger charge is -2.14. The Bertz CT molecular complexity index is 1770. The first-order valence-electron chi connectivity index (χ1n) is 12.3. The average Bonchev–Trinajstić information content (AvgIpc) is 3.20. The summed E-state index contributed by atoms with van der Waals surface area (Å²) in [7, 11) is 0. The van der Waals surface area contributed by atoms with Crippen LogP contribution in [-0.4, -0.2) is 16.0 Å². The highest BCUT2D eigenvalue weighted by Crippen LogP contribution is 2.36. The van der Waals surface area contributed by atoms with E-state index < -0.39 is 0 Å². The molecule has 7 heteroatoms. The summed E-state index contributed by atoms with van der Waals surface area (Å²) in [6.45, 7) is 0.712. The van der Waals surface area contributed by atoms with Gasteiger partial charge in [-0.15, -0.1) is 0 Å². The first-order valence-corrected chi connectivity index (χ1v) is 15.3. The Morgan fingerprint density at radius 3 is 2.26 bits per heavy atom. The van der Waals surface area contributed by atoms with Crippen LogP contribution in [0.4, 0.5) is 4.79 Å². The predicted molar refractivity (Wildman–Crippen MR) is 176 cm³/mol. The predicted octanol–water partition coefficient (Wildman–Crippen LogP) is 9.02. The van der Waals surface area contributed by atoms with E-state index in [2.05, 4.69) is 75.5 Å². The Labute approximate surface area is 257 Å². The van der Waals surface area contributed by atoms with Crippen LogP contribution in [0.15, 0.2) is 102 Å². The topological polar surface area (TPSA) is 46.6 Å². The second-order valence-electron chi connectivity index (χ2n) is 9.19. The Hall–Kier alpha value is -2.89. The van der Waals surface area contributed by atoms with Crippen LogP contribution < -0.4 is 4.74 Å². The minimum absolute atomic E-state index is 0.250. The number of thioether (sulfide) groups is 1. The number of carbonyl (C=O) groups is 2. The molecule has 0 saturated carbocycles. The molecule has 0 N–H and O–H groups in total. The van der Waals surface area contributed by atoms with Crippen LogP contribution in [0.3, 0.4) is 0 Å². The van der Waals surface area contributed by atoms with E-state index in [1.807, 2.05) is 66.7 Å². The highest BCUT2D eigenvalue weighted by Gasteiger charge is 2.35. The molecule has 0 bridgehead atoms. The molecule has 1 aliphatic rings. The second-order valence-corrected chi connectivity index (χ2v) is 12.5. The summed E-state index contributed by atoms with van der Waals surface area (Å²) >= 11 is 5.51. The van der Waals surface area contributed by atoms with Crippen molar-refractivity contribution in [3.63, 3.8) is 0 Å². The van der Waals surface area contributed by atoms with E-state index in [-0.39, 0.29) is 17.7 Å². The van der Waals surface area contributed by atoms with Crippen LogP contribution in [0.25, 0.3) is 27.6 Å². The summed E-state index contributed by atoms with van der Waals surface area (Å²) in [5.74, 6) is 0.546. The molecule has 2 amide bonds. The summed E-state index contributed by atoms with van der Waals surface area (Å²) in [5, 5.41) is 4.28. The minimum atomic E-state index is -0.264. The quantitative estimate of drug-likeness (QED) is 0.128. The normalized spacial score (nSPS) is 14.6. The molecule has 39 heavy (non-hydrogen) atoms. The maximum Gasteiger partial charge on any atom is 0.293 e. The molecular formula is C32H21I2NO3S. The highest BCUT2D eigenvalue weighted by molar-refractivity contribution is 14.1. The first kappa shape index (κ1) is 26.3. The molecule has 0 unspecified atom stereocenters. The fraction of sp³-hybridized carbons (Fsp3) is 0.0625. The molecule has 1 fully saturated rings. The summed E-state index contributed by atoms with van der Waals surface area (Å²) in [4.78, 5) is 27.8. The van der Waals surface area contributed by atoms with Gasteiger partial charge in [0.05, 0.1) is 18.6 Å². The lowest BCUT2D eigenvalue weighted by atomic mass is 10.0. The van der Waals surface area contributed by atoms with E-state index in [0.29, 0.717) is 11.5 Å². The number of amides is 2. The van der Waals surface area contributed by atoms with E-state index in [4.69, 9.17) is 4.74 Å². The van der Waals surface area contributed by atoms with Gasteiger partial charge in [-0.25, -0.2) is 0 Å². The Kier molecular flexibility index (Phi) is 7.64. The van der Waals surface area contributed by atoms with Crippen molar-refractivity contribution in [3.8, 4) is 5.75 Å². The van der Waals surface area contributed by atoms with Crippen molar-refractivity contribution in [3.05, 3.63) is 126 Å². The summed E-state index contributed by atoms with van der Waals surface area (Å²) in [5.41, 5.74) is 2.91. The van der Waals surface area contributed by atoms with E-state index in [1.165, 1.54) is 15.7 Å². The molecule has 6 rings (SSSR count). The van der Waals surface area contributed by atoms with E-state index >= 15 is 0 Å². The molecule has 0 atom stereocenters. The zero-order chi connectivity index (χ0) is 26.9. The maximum atomic E-state index is 13.2. The van der Waals surface area contributed by atoms with Crippen LogP contribution in [-0.2, 0) is 17.9 Å². The van der Waals surface area contributed by atoms with Crippen molar-refractivity contribution >= 4 is 95.7 Å². The van der Waals surface area contributed by atoms with Gasteiger partial charge in [-0.2, -0.15) is 0 Å². The number of halogens is 2.